The minimum Gasteiger partial charge on any atom is -0.480 e. The molecule has 0 spiro atoms. The van der Waals surface area contributed by atoms with Crippen LogP contribution < -0.4 is 0 Å². The summed E-state index contributed by atoms with van der Waals surface area (Å²) >= 11 is 0. The van der Waals surface area contributed by atoms with Gasteiger partial charge in [0.2, 0.25) is 0 Å². The summed E-state index contributed by atoms with van der Waals surface area (Å²) in [6.07, 6.45) is 8.76. The monoisotopic (exact) mass is 297 g/mol. The second-order valence-electron chi connectivity index (χ2n) is 6.27. The molecular formula is C16H27NO4. The zero-order chi connectivity index (χ0) is 15.2. The summed E-state index contributed by atoms with van der Waals surface area (Å²) in [6.45, 7) is 2.30. The summed E-state index contributed by atoms with van der Waals surface area (Å²) in [4.78, 5) is 25.3. The Hall–Kier alpha value is -1.10. The van der Waals surface area contributed by atoms with Crippen LogP contribution in [0.2, 0.25) is 0 Å². The van der Waals surface area contributed by atoms with Crippen LogP contribution in [0.15, 0.2) is 0 Å². The number of hydrogen-bond acceptors (Lipinski definition) is 3. The number of likely N-dealkylation sites (tertiary alicyclic amines) is 1. The molecule has 0 bridgehead atoms. The molecule has 21 heavy (non-hydrogen) atoms. The third-order valence-corrected chi connectivity index (χ3v) is 4.62. The summed E-state index contributed by atoms with van der Waals surface area (Å²) in [6, 6.07) is -0.675. The van der Waals surface area contributed by atoms with E-state index in [-0.39, 0.29) is 12.0 Å². The third-order valence-electron chi connectivity index (χ3n) is 4.62. The van der Waals surface area contributed by atoms with Gasteiger partial charge in [0.1, 0.15) is 12.1 Å². The van der Waals surface area contributed by atoms with Crippen molar-refractivity contribution in [1.29, 1.82) is 0 Å². The zero-order valence-electron chi connectivity index (χ0n) is 12.9. The standard InChI is InChI=1S/C16H27NO4/c1-12(21-13-8-4-2-3-5-9-13)15(18)17-11-7-6-10-14(17)16(19)20/h12-14H,2-11H2,1H3,(H,19,20). The number of piperidine rings is 1. The van der Waals surface area contributed by atoms with Gasteiger partial charge < -0.3 is 14.7 Å². The van der Waals surface area contributed by atoms with Crippen LogP contribution in [-0.2, 0) is 14.3 Å². The normalized spacial score (nSPS) is 26.1. The first-order valence-corrected chi connectivity index (χ1v) is 8.28. The number of nitrogens with zero attached hydrogens (tertiary/aromatic N) is 1. The van der Waals surface area contributed by atoms with E-state index < -0.39 is 18.1 Å². The number of amides is 1. The summed E-state index contributed by atoms with van der Waals surface area (Å²) < 4.78 is 5.93. The van der Waals surface area contributed by atoms with Gasteiger partial charge in [0.05, 0.1) is 6.10 Å². The summed E-state index contributed by atoms with van der Waals surface area (Å²) in [7, 11) is 0. The Morgan fingerprint density at radius 1 is 1.05 bits per heavy atom. The SMILES string of the molecule is CC(OC1CCCCCC1)C(=O)N1CCCCC1C(=O)O. The van der Waals surface area contributed by atoms with E-state index in [2.05, 4.69) is 0 Å². The fraction of sp³-hybridized carbons (Fsp3) is 0.875. The van der Waals surface area contributed by atoms with Crippen LogP contribution in [0.1, 0.15) is 64.7 Å². The lowest BCUT2D eigenvalue weighted by Gasteiger charge is -2.35. The largest absolute Gasteiger partial charge is 0.480 e. The Labute approximate surface area is 126 Å². The van der Waals surface area contributed by atoms with Gasteiger partial charge in [-0.1, -0.05) is 25.7 Å². The highest BCUT2D eigenvalue weighted by Gasteiger charge is 2.35. The quantitative estimate of drug-likeness (QED) is 0.810. The fourth-order valence-corrected chi connectivity index (χ4v) is 3.41. The Morgan fingerprint density at radius 3 is 2.29 bits per heavy atom. The highest BCUT2D eigenvalue weighted by molar-refractivity contribution is 5.86. The van der Waals surface area contributed by atoms with Crippen LogP contribution >= 0.6 is 0 Å². The van der Waals surface area contributed by atoms with Gasteiger partial charge in [-0.25, -0.2) is 4.79 Å². The zero-order valence-corrected chi connectivity index (χ0v) is 12.9. The van der Waals surface area contributed by atoms with E-state index in [9.17, 15) is 14.7 Å². The smallest absolute Gasteiger partial charge is 0.326 e. The van der Waals surface area contributed by atoms with Crippen LogP contribution in [0, 0.1) is 0 Å². The van der Waals surface area contributed by atoms with Crippen molar-refractivity contribution < 1.29 is 19.4 Å². The van der Waals surface area contributed by atoms with Crippen molar-refractivity contribution in [1.82, 2.24) is 4.90 Å². The van der Waals surface area contributed by atoms with E-state index in [0.717, 1.165) is 38.5 Å². The van der Waals surface area contributed by atoms with E-state index >= 15 is 0 Å². The molecule has 0 aromatic rings. The lowest BCUT2D eigenvalue weighted by Crippen LogP contribution is -2.51. The van der Waals surface area contributed by atoms with Crippen molar-refractivity contribution in [2.45, 2.75) is 83.0 Å². The van der Waals surface area contributed by atoms with Crippen LogP contribution in [0.3, 0.4) is 0 Å². The number of carboxylic acid groups (broad SMARTS) is 1. The molecule has 1 saturated heterocycles. The van der Waals surface area contributed by atoms with Crippen LogP contribution in [0.5, 0.6) is 0 Å². The number of carbonyl (C=O) groups excluding carboxylic acids is 1. The number of carbonyl (C=O) groups is 2. The van der Waals surface area contributed by atoms with Gasteiger partial charge in [0.25, 0.3) is 5.91 Å². The molecule has 1 amide bonds. The molecule has 120 valence electrons. The number of rotatable bonds is 4. The molecule has 1 aliphatic carbocycles. The summed E-state index contributed by atoms with van der Waals surface area (Å²) in [5.41, 5.74) is 0. The maximum atomic E-state index is 12.5. The molecule has 2 unspecified atom stereocenters. The van der Waals surface area contributed by atoms with Gasteiger partial charge >= 0.3 is 5.97 Å². The maximum absolute atomic E-state index is 12.5. The van der Waals surface area contributed by atoms with Crippen molar-refractivity contribution in [3.8, 4) is 0 Å². The number of hydrogen-bond donors (Lipinski definition) is 1. The summed E-state index contributed by atoms with van der Waals surface area (Å²) in [5, 5.41) is 9.26. The molecule has 1 aliphatic heterocycles. The van der Waals surface area contributed by atoms with Crippen molar-refractivity contribution in [2.24, 2.45) is 0 Å². The number of ether oxygens (including phenoxy) is 1. The first kappa shape index (κ1) is 16.3. The molecule has 0 radical (unpaired) electrons. The molecule has 2 fully saturated rings. The van der Waals surface area contributed by atoms with Crippen LogP contribution in [0.4, 0.5) is 0 Å². The molecule has 2 aliphatic rings. The predicted molar refractivity (Wildman–Crippen MR) is 79.0 cm³/mol. The maximum Gasteiger partial charge on any atom is 0.326 e. The van der Waals surface area contributed by atoms with E-state index in [1.807, 2.05) is 0 Å². The molecule has 0 aromatic heterocycles. The molecule has 2 rings (SSSR count). The minimum atomic E-state index is -0.898. The van der Waals surface area contributed by atoms with Gasteiger partial charge in [0.15, 0.2) is 0 Å². The van der Waals surface area contributed by atoms with Crippen molar-refractivity contribution in [2.75, 3.05) is 6.54 Å². The van der Waals surface area contributed by atoms with Crippen molar-refractivity contribution in [3.05, 3.63) is 0 Å². The fourth-order valence-electron chi connectivity index (χ4n) is 3.41. The van der Waals surface area contributed by atoms with Gasteiger partial charge in [-0.2, -0.15) is 0 Å². The molecule has 1 N–H and O–H groups in total. The van der Waals surface area contributed by atoms with Gasteiger partial charge in [-0.3, -0.25) is 4.79 Å². The van der Waals surface area contributed by atoms with E-state index in [1.54, 1.807) is 6.92 Å². The second kappa shape index (κ2) is 7.78. The highest BCUT2D eigenvalue weighted by atomic mass is 16.5. The molecule has 2 atom stereocenters. The Kier molecular flexibility index (Phi) is 6.03. The van der Waals surface area contributed by atoms with E-state index in [0.29, 0.717) is 13.0 Å². The Morgan fingerprint density at radius 2 is 1.67 bits per heavy atom. The molecule has 5 heteroatoms. The lowest BCUT2D eigenvalue weighted by atomic mass is 10.0. The van der Waals surface area contributed by atoms with Gasteiger partial charge in [-0.15, -0.1) is 0 Å². The number of carboxylic acids is 1. The first-order chi connectivity index (χ1) is 10.1. The summed E-state index contributed by atoms with van der Waals surface area (Å²) in [5.74, 6) is -1.06. The average molecular weight is 297 g/mol. The average Bonchev–Trinajstić information content (AvgIpc) is 2.75. The second-order valence-corrected chi connectivity index (χ2v) is 6.27. The topological polar surface area (TPSA) is 66.8 Å². The molecule has 1 saturated carbocycles. The Balaban J connectivity index is 1.92. The predicted octanol–water partition coefficient (Wildman–Crippen LogP) is 2.58. The van der Waals surface area contributed by atoms with Crippen LogP contribution in [0.25, 0.3) is 0 Å². The minimum absolute atomic E-state index is 0.152. The molecule has 1 heterocycles. The number of aliphatic carboxylic acids is 1. The van der Waals surface area contributed by atoms with Crippen molar-refractivity contribution in [3.63, 3.8) is 0 Å². The lowest BCUT2D eigenvalue weighted by molar-refractivity contribution is -0.159. The van der Waals surface area contributed by atoms with E-state index in [1.165, 1.54) is 17.7 Å². The molecular weight excluding hydrogens is 270 g/mol. The Bertz CT molecular complexity index is 363. The first-order valence-electron chi connectivity index (χ1n) is 8.28. The molecule has 5 nitrogen and oxygen atoms in total. The van der Waals surface area contributed by atoms with Crippen LogP contribution in [-0.4, -0.2) is 46.7 Å². The van der Waals surface area contributed by atoms with E-state index in [4.69, 9.17) is 4.74 Å². The van der Waals surface area contributed by atoms with Crippen molar-refractivity contribution >= 4 is 11.9 Å². The van der Waals surface area contributed by atoms with Gasteiger partial charge in [0, 0.05) is 6.54 Å². The highest BCUT2D eigenvalue weighted by Crippen LogP contribution is 2.23. The third kappa shape index (κ3) is 4.43. The molecule has 0 aromatic carbocycles. The van der Waals surface area contributed by atoms with Gasteiger partial charge in [-0.05, 0) is 39.0 Å².